The molecular formula is C20H12BrN3OS. The van der Waals surface area contributed by atoms with Crippen molar-refractivity contribution < 1.29 is 4.52 Å². The van der Waals surface area contributed by atoms with Crippen molar-refractivity contribution in [3.63, 3.8) is 0 Å². The molecule has 0 aliphatic rings. The highest BCUT2D eigenvalue weighted by Gasteiger charge is 2.12. The van der Waals surface area contributed by atoms with Crippen LogP contribution < -0.4 is 5.32 Å². The Balaban J connectivity index is 1.57. The van der Waals surface area contributed by atoms with Crippen molar-refractivity contribution in [2.45, 2.75) is 0 Å². The number of hydrogen-bond donors (Lipinski definition) is 1. The quantitative estimate of drug-likeness (QED) is 0.355. The molecule has 2 heterocycles. The van der Waals surface area contributed by atoms with Gasteiger partial charge in [-0.1, -0.05) is 35.5 Å². The maximum Gasteiger partial charge on any atom is 0.167 e. The first-order chi connectivity index (χ1) is 12.8. The van der Waals surface area contributed by atoms with Gasteiger partial charge in [-0.3, -0.25) is 0 Å². The van der Waals surface area contributed by atoms with Crippen LogP contribution in [-0.2, 0) is 0 Å². The molecule has 26 heavy (non-hydrogen) atoms. The summed E-state index contributed by atoms with van der Waals surface area (Å²) < 4.78 is 12.0. The number of fused-ring (bicyclic) bond motifs is 2. The van der Waals surface area contributed by atoms with Gasteiger partial charge in [-0.05, 0) is 68.9 Å². The van der Waals surface area contributed by atoms with Gasteiger partial charge in [-0.2, -0.15) is 4.37 Å². The lowest BCUT2D eigenvalue weighted by molar-refractivity contribution is 0.456. The largest absolute Gasteiger partial charge is 0.356 e. The van der Waals surface area contributed by atoms with Crippen LogP contribution >= 0.6 is 27.5 Å². The molecule has 0 bridgehead atoms. The summed E-state index contributed by atoms with van der Waals surface area (Å²) in [6.45, 7) is 0. The van der Waals surface area contributed by atoms with Crippen molar-refractivity contribution >= 4 is 60.0 Å². The molecule has 0 aliphatic heterocycles. The molecule has 0 fully saturated rings. The molecule has 3 aromatic carbocycles. The molecule has 126 valence electrons. The van der Waals surface area contributed by atoms with E-state index in [4.69, 9.17) is 4.52 Å². The maximum absolute atomic E-state index is 5.29. The zero-order chi connectivity index (χ0) is 17.5. The summed E-state index contributed by atoms with van der Waals surface area (Å²) in [6, 6.07) is 20.4. The Morgan fingerprint density at radius 3 is 2.88 bits per heavy atom. The Kier molecular flexibility index (Phi) is 3.72. The van der Waals surface area contributed by atoms with Gasteiger partial charge in [0.25, 0.3) is 0 Å². The molecular weight excluding hydrogens is 410 g/mol. The Morgan fingerprint density at radius 2 is 1.92 bits per heavy atom. The second kappa shape index (κ2) is 6.23. The Morgan fingerprint density at radius 1 is 1.00 bits per heavy atom. The van der Waals surface area contributed by atoms with Crippen LogP contribution in [0.2, 0.25) is 0 Å². The van der Waals surface area contributed by atoms with Crippen molar-refractivity contribution in [1.82, 2.24) is 9.53 Å². The van der Waals surface area contributed by atoms with E-state index in [0.717, 1.165) is 48.2 Å². The standard InChI is InChI=1S/C20H12BrN3OS/c21-19-14(12-8-9-13-11-22-25-17(13)10-12)5-3-6-16(19)23-20-15-4-1-2-7-18(15)26-24-20/h1-11H,(H,23,24). The van der Waals surface area contributed by atoms with Gasteiger partial charge in [-0.25, -0.2) is 0 Å². The van der Waals surface area contributed by atoms with Gasteiger partial charge >= 0.3 is 0 Å². The predicted octanol–water partition coefficient (Wildman–Crippen LogP) is 6.61. The third kappa shape index (κ3) is 2.58. The normalized spacial score (nSPS) is 11.3. The van der Waals surface area contributed by atoms with Crippen molar-refractivity contribution in [1.29, 1.82) is 0 Å². The summed E-state index contributed by atoms with van der Waals surface area (Å²) in [5.41, 5.74) is 3.88. The van der Waals surface area contributed by atoms with E-state index >= 15 is 0 Å². The zero-order valence-corrected chi connectivity index (χ0v) is 15.8. The van der Waals surface area contributed by atoms with E-state index in [-0.39, 0.29) is 0 Å². The number of benzene rings is 3. The maximum atomic E-state index is 5.29. The molecule has 5 aromatic rings. The number of hydrogen-bond acceptors (Lipinski definition) is 5. The van der Waals surface area contributed by atoms with E-state index in [1.54, 1.807) is 6.20 Å². The number of aromatic nitrogens is 2. The van der Waals surface area contributed by atoms with Crippen LogP contribution in [0.25, 0.3) is 32.2 Å². The lowest BCUT2D eigenvalue weighted by Crippen LogP contribution is -1.93. The molecule has 0 unspecified atom stereocenters. The molecule has 6 heteroatoms. The number of nitrogens with one attached hydrogen (secondary N) is 1. The monoisotopic (exact) mass is 421 g/mol. The minimum absolute atomic E-state index is 0.776. The molecule has 0 amide bonds. The molecule has 0 saturated heterocycles. The molecule has 4 nitrogen and oxygen atoms in total. The van der Waals surface area contributed by atoms with Crippen LogP contribution in [0.1, 0.15) is 0 Å². The first kappa shape index (κ1) is 15.5. The Bertz CT molecular complexity index is 1240. The van der Waals surface area contributed by atoms with Gasteiger partial charge in [0.05, 0.1) is 16.6 Å². The first-order valence-electron chi connectivity index (χ1n) is 8.04. The van der Waals surface area contributed by atoms with Gasteiger partial charge in [0.2, 0.25) is 0 Å². The second-order valence-electron chi connectivity index (χ2n) is 5.90. The molecule has 0 spiro atoms. The van der Waals surface area contributed by atoms with E-state index in [2.05, 4.69) is 55.0 Å². The van der Waals surface area contributed by atoms with Crippen LogP contribution in [0.5, 0.6) is 0 Å². The average Bonchev–Trinajstić information content (AvgIpc) is 3.30. The SMILES string of the molecule is Brc1c(Nc2nsc3ccccc23)cccc1-c1ccc2cnoc2c1. The summed E-state index contributed by atoms with van der Waals surface area (Å²) in [6.07, 6.45) is 1.72. The number of nitrogens with zero attached hydrogens (tertiary/aromatic N) is 2. The molecule has 1 N–H and O–H groups in total. The minimum atomic E-state index is 0.776. The molecule has 0 atom stereocenters. The summed E-state index contributed by atoms with van der Waals surface area (Å²) in [5.74, 6) is 0.870. The predicted molar refractivity (Wildman–Crippen MR) is 110 cm³/mol. The van der Waals surface area contributed by atoms with Crippen LogP contribution in [0.3, 0.4) is 0 Å². The summed E-state index contributed by atoms with van der Waals surface area (Å²) in [4.78, 5) is 0. The first-order valence-corrected chi connectivity index (χ1v) is 9.61. The highest BCUT2D eigenvalue weighted by atomic mass is 79.9. The number of rotatable bonds is 3. The Labute approximate surface area is 161 Å². The number of anilines is 2. The van der Waals surface area contributed by atoms with E-state index in [1.165, 1.54) is 11.5 Å². The fourth-order valence-electron chi connectivity index (χ4n) is 2.98. The lowest BCUT2D eigenvalue weighted by Gasteiger charge is -2.11. The molecule has 2 aromatic heterocycles. The zero-order valence-electron chi connectivity index (χ0n) is 13.4. The molecule has 5 rings (SSSR count). The smallest absolute Gasteiger partial charge is 0.167 e. The van der Waals surface area contributed by atoms with Gasteiger partial charge in [0.15, 0.2) is 11.4 Å². The summed E-state index contributed by atoms with van der Waals surface area (Å²) in [5, 5.41) is 9.42. The van der Waals surface area contributed by atoms with Gasteiger partial charge < -0.3 is 9.84 Å². The highest BCUT2D eigenvalue weighted by Crippen LogP contribution is 2.38. The van der Waals surface area contributed by atoms with Gasteiger partial charge in [-0.15, -0.1) is 0 Å². The Hall–Kier alpha value is -2.70. The van der Waals surface area contributed by atoms with E-state index in [9.17, 15) is 0 Å². The fourth-order valence-corrected chi connectivity index (χ4v) is 4.31. The van der Waals surface area contributed by atoms with Crippen LogP contribution in [0, 0.1) is 0 Å². The topological polar surface area (TPSA) is 51.0 Å². The van der Waals surface area contributed by atoms with Gasteiger partial charge in [0, 0.05) is 15.2 Å². The van der Waals surface area contributed by atoms with E-state index < -0.39 is 0 Å². The molecule has 0 radical (unpaired) electrons. The minimum Gasteiger partial charge on any atom is -0.356 e. The average molecular weight is 422 g/mol. The van der Waals surface area contributed by atoms with Crippen molar-refractivity contribution in [3.05, 3.63) is 71.3 Å². The third-order valence-corrected chi connectivity index (χ3v) is 5.98. The summed E-state index contributed by atoms with van der Waals surface area (Å²) in [7, 11) is 0. The van der Waals surface area contributed by atoms with Crippen LogP contribution in [0.4, 0.5) is 11.5 Å². The lowest BCUT2D eigenvalue weighted by atomic mass is 10.0. The fraction of sp³-hybridized carbons (Fsp3) is 0. The molecule has 0 saturated carbocycles. The van der Waals surface area contributed by atoms with Crippen molar-refractivity contribution in [2.24, 2.45) is 0 Å². The van der Waals surface area contributed by atoms with Gasteiger partial charge in [0.1, 0.15) is 0 Å². The van der Waals surface area contributed by atoms with Crippen LogP contribution in [0.15, 0.2) is 75.9 Å². The third-order valence-electron chi connectivity index (χ3n) is 4.30. The summed E-state index contributed by atoms with van der Waals surface area (Å²) >= 11 is 5.24. The van der Waals surface area contributed by atoms with Crippen molar-refractivity contribution in [3.8, 4) is 11.1 Å². The second-order valence-corrected chi connectivity index (χ2v) is 7.50. The molecule has 0 aliphatic carbocycles. The van der Waals surface area contributed by atoms with Crippen molar-refractivity contribution in [2.75, 3.05) is 5.32 Å². The van der Waals surface area contributed by atoms with E-state index in [1.807, 2.05) is 36.4 Å². The van der Waals surface area contributed by atoms with E-state index in [0.29, 0.717) is 0 Å². The number of halogens is 1. The highest BCUT2D eigenvalue weighted by molar-refractivity contribution is 9.10. The van der Waals surface area contributed by atoms with Crippen LogP contribution in [-0.4, -0.2) is 9.53 Å².